The van der Waals surface area contributed by atoms with Crippen molar-refractivity contribution in [1.29, 1.82) is 0 Å². The molecular formula is C15H20N4O2S. The van der Waals surface area contributed by atoms with E-state index in [1.165, 1.54) is 4.31 Å². The summed E-state index contributed by atoms with van der Waals surface area (Å²) in [5.41, 5.74) is 9.43. The lowest BCUT2D eigenvalue weighted by atomic mass is 10.0. The molecule has 0 radical (unpaired) electrons. The van der Waals surface area contributed by atoms with Gasteiger partial charge >= 0.3 is 0 Å². The van der Waals surface area contributed by atoms with E-state index in [-0.39, 0.29) is 0 Å². The Balaban J connectivity index is 2.18. The van der Waals surface area contributed by atoms with Crippen molar-refractivity contribution >= 4 is 21.4 Å². The lowest BCUT2D eigenvalue weighted by Crippen LogP contribution is -2.36. The number of anilines is 2. The molecule has 0 fully saturated rings. The van der Waals surface area contributed by atoms with Crippen molar-refractivity contribution in [2.45, 2.75) is 31.6 Å². The Kier molecular flexibility index (Phi) is 3.40. The Labute approximate surface area is 130 Å². The summed E-state index contributed by atoms with van der Waals surface area (Å²) >= 11 is 0. The molecule has 1 aromatic carbocycles. The summed E-state index contributed by atoms with van der Waals surface area (Å²) in [5.74, 6) is 0. The maximum Gasteiger partial charge on any atom is 0.268 e. The van der Waals surface area contributed by atoms with Gasteiger partial charge in [-0.3, -0.25) is 8.99 Å². The van der Waals surface area contributed by atoms with Crippen LogP contribution in [0.3, 0.4) is 0 Å². The van der Waals surface area contributed by atoms with E-state index in [1.54, 1.807) is 31.6 Å². The highest BCUT2D eigenvalue weighted by Crippen LogP contribution is 2.36. The van der Waals surface area contributed by atoms with E-state index in [9.17, 15) is 8.42 Å². The molecule has 2 heterocycles. The largest absolute Gasteiger partial charge is 0.398 e. The van der Waals surface area contributed by atoms with Crippen molar-refractivity contribution in [1.82, 2.24) is 9.78 Å². The van der Waals surface area contributed by atoms with Crippen LogP contribution >= 0.6 is 0 Å². The number of aromatic nitrogens is 2. The molecule has 6 nitrogen and oxygen atoms in total. The molecule has 0 saturated heterocycles. The van der Waals surface area contributed by atoms with Crippen LogP contribution in [0, 0.1) is 13.8 Å². The molecular weight excluding hydrogens is 300 g/mol. The number of rotatable bonds is 2. The first-order chi connectivity index (χ1) is 10.3. The average molecular weight is 320 g/mol. The van der Waals surface area contributed by atoms with E-state index < -0.39 is 10.0 Å². The molecule has 2 aromatic rings. The van der Waals surface area contributed by atoms with Crippen LogP contribution < -0.4 is 10.0 Å². The van der Waals surface area contributed by atoms with Gasteiger partial charge in [0.15, 0.2) is 0 Å². The highest BCUT2D eigenvalue weighted by atomic mass is 32.2. The average Bonchev–Trinajstić information content (AvgIpc) is 2.72. The highest BCUT2D eigenvalue weighted by Gasteiger charge is 2.33. The molecule has 0 atom stereocenters. The molecule has 118 valence electrons. The third kappa shape index (κ3) is 2.08. The second kappa shape index (κ2) is 5.01. The van der Waals surface area contributed by atoms with Gasteiger partial charge in [-0.1, -0.05) is 6.07 Å². The minimum Gasteiger partial charge on any atom is -0.398 e. The van der Waals surface area contributed by atoms with Crippen LogP contribution in [0.5, 0.6) is 0 Å². The van der Waals surface area contributed by atoms with E-state index in [4.69, 9.17) is 5.73 Å². The second-order valence-electron chi connectivity index (χ2n) is 5.65. The van der Waals surface area contributed by atoms with Crippen LogP contribution in [-0.4, -0.2) is 24.7 Å². The zero-order chi connectivity index (χ0) is 16.1. The maximum atomic E-state index is 13.1. The molecule has 22 heavy (non-hydrogen) atoms. The SMILES string of the molecule is Cc1nn(C)c(C)c1S(=O)(=O)N1CCCc2c(N)cccc21. The Hall–Kier alpha value is -2.02. The standard InChI is InChI=1S/C15H20N4O2S/c1-10-15(11(2)18(3)17-10)22(20,21)19-9-5-6-12-13(16)7-4-8-14(12)19/h4,7-8H,5-6,9,16H2,1-3H3. The van der Waals surface area contributed by atoms with Gasteiger partial charge < -0.3 is 5.73 Å². The molecule has 0 aliphatic carbocycles. The number of fused-ring (bicyclic) bond motifs is 1. The summed E-state index contributed by atoms with van der Waals surface area (Å²) in [7, 11) is -1.88. The number of hydrogen-bond donors (Lipinski definition) is 1. The van der Waals surface area contributed by atoms with Crippen molar-refractivity contribution < 1.29 is 8.42 Å². The number of nitrogens with zero attached hydrogens (tertiary/aromatic N) is 3. The van der Waals surface area contributed by atoms with Crippen LogP contribution in [-0.2, 0) is 23.5 Å². The molecule has 2 N–H and O–H groups in total. The molecule has 0 unspecified atom stereocenters. The number of nitrogen functional groups attached to an aromatic ring is 1. The Morgan fingerprint density at radius 3 is 2.64 bits per heavy atom. The van der Waals surface area contributed by atoms with Gasteiger partial charge in [0.25, 0.3) is 10.0 Å². The van der Waals surface area contributed by atoms with Crippen molar-refractivity contribution in [2.75, 3.05) is 16.6 Å². The predicted molar refractivity (Wildman–Crippen MR) is 86.4 cm³/mol. The Morgan fingerprint density at radius 2 is 2.00 bits per heavy atom. The molecule has 3 rings (SSSR count). The third-order valence-electron chi connectivity index (χ3n) is 4.23. The summed E-state index contributed by atoms with van der Waals surface area (Å²) in [5, 5.41) is 4.23. The van der Waals surface area contributed by atoms with E-state index in [2.05, 4.69) is 5.10 Å². The van der Waals surface area contributed by atoms with Gasteiger partial charge in [-0.15, -0.1) is 0 Å². The first kappa shape index (κ1) is 14.9. The van der Waals surface area contributed by atoms with E-state index in [0.29, 0.717) is 34.2 Å². The number of hydrogen-bond acceptors (Lipinski definition) is 4. The minimum atomic E-state index is -3.64. The fourth-order valence-corrected chi connectivity index (χ4v) is 5.04. The lowest BCUT2D eigenvalue weighted by Gasteiger charge is -2.31. The molecule has 1 aromatic heterocycles. The zero-order valence-electron chi connectivity index (χ0n) is 13.0. The van der Waals surface area contributed by atoms with Crippen LogP contribution in [0.4, 0.5) is 11.4 Å². The summed E-state index contributed by atoms with van der Waals surface area (Å²) < 4.78 is 29.4. The van der Waals surface area contributed by atoms with Gasteiger partial charge in [-0.2, -0.15) is 5.10 Å². The third-order valence-corrected chi connectivity index (χ3v) is 6.30. The molecule has 0 amide bonds. The number of aryl methyl sites for hydroxylation is 2. The van der Waals surface area contributed by atoms with Gasteiger partial charge in [-0.25, -0.2) is 8.42 Å². The van der Waals surface area contributed by atoms with Crippen LogP contribution in [0.15, 0.2) is 23.1 Å². The quantitative estimate of drug-likeness (QED) is 0.855. The van der Waals surface area contributed by atoms with Gasteiger partial charge in [-0.05, 0) is 44.4 Å². The molecule has 1 aliphatic rings. The summed E-state index contributed by atoms with van der Waals surface area (Å²) in [6.45, 7) is 3.97. The van der Waals surface area contributed by atoms with Crippen LogP contribution in [0.1, 0.15) is 23.4 Å². The normalized spacial score (nSPS) is 15.0. The molecule has 7 heteroatoms. The second-order valence-corrected chi connectivity index (χ2v) is 7.45. The van der Waals surface area contributed by atoms with E-state index in [1.807, 2.05) is 12.1 Å². The smallest absolute Gasteiger partial charge is 0.268 e. The topological polar surface area (TPSA) is 81.2 Å². The summed E-state index contributed by atoms with van der Waals surface area (Å²) in [6, 6.07) is 5.43. The molecule has 1 aliphatic heterocycles. The summed E-state index contributed by atoms with van der Waals surface area (Å²) in [4.78, 5) is 0.297. The van der Waals surface area contributed by atoms with Gasteiger partial charge in [0.1, 0.15) is 4.90 Å². The summed E-state index contributed by atoms with van der Waals surface area (Å²) in [6.07, 6.45) is 1.57. The van der Waals surface area contributed by atoms with E-state index >= 15 is 0 Å². The Morgan fingerprint density at radius 1 is 1.27 bits per heavy atom. The maximum absolute atomic E-state index is 13.1. The number of nitrogens with two attached hydrogens (primary N) is 1. The lowest BCUT2D eigenvalue weighted by molar-refractivity contribution is 0.585. The first-order valence-electron chi connectivity index (χ1n) is 7.24. The highest BCUT2D eigenvalue weighted by molar-refractivity contribution is 7.93. The molecule has 0 bridgehead atoms. The van der Waals surface area contributed by atoms with Crippen LogP contribution in [0.2, 0.25) is 0 Å². The zero-order valence-corrected chi connectivity index (χ0v) is 13.8. The fraction of sp³-hybridized carbons (Fsp3) is 0.400. The van der Waals surface area contributed by atoms with Crippen molar-refractivity contribution in [3.63, 3.8) is 0 Å². The van der Waals surface area contributed by atoms with Crippen molar-refractivity contribution in [3.05, 3.63) is 35.2 Å². The number of sulfonamides is 1. The van der Waals surface area contributed by atoms with E-state index in [0.717, 1.165) is 18.4 Å². The minimum absolute atomic E-state index is 0.297. The van der Waals surface area contributed by atoms with Crippen molar-refractivity contribution in [2.24, 2.45) is 7.05 Å². The van der Waals surface area contributed by atoms with Crippen molar-refractivity contribution in [3.8, 4) is 0 Å². The number of benzene rings is 1. The van der Waals surface area contributed by atoms with Crippen LogP contribution in [0.25, 0.3) is 0 Å². The van der Waals surface area contributed by atoms with Gasteiger partial charge in [0.05, 0.1) is 17.1 Å². The Bertz CT molecular complexity index is 839. The van der Waals surface area contributed by atoms with Gasteiger partial charge in [0, 0.05) is 19.3 Å². The predicted octanol–water partition coefficient (Wildman–Crippen LogP) is 1.76. The molecule has 0 saturated carbocycles. The fourth-order valence-electron chi connectivity index (χ4n) is 3.11. The van der Waals surface area contributed by atoms with Gasteiger partial charge in [0.2, 0.25) is 0 Å². The molecule has 0 spiro atoms. The monoisotopic (exact) mass is 320 g/mol. The first-order valence-corrected chi connectivity index (χ1v) is 8.68.